The molecule has 0 radical (unpaired) electrons. The Balaban J connectivity index is 0.000000370. The number of carboxylic acids is 2. The van der Waals surface area contributed by atoms with Gasteiger partial charge in [-0.15, -0.1) is 0 Å². The first-order chi connectivity index (χ1) is 9.15. The summed E-state index contributed by atoms with van der Waals surface area (Å²) in [6.07, 6.45) is 3.21. The number of rotatable bonds is 4. The van der Waals surface area contributed by atoms with Crippen LogP contribution in [0.25, 0.3) is 0 Å². The average Bonchev–Trinajstić information content (AvgIpc) is 2.27. The van der Waals surface area contributed by atoms with Crippen molar-refractivity contribution in [3.05, 3.63) is 0 Å². The Hall–Kier alpha value is -1.10. The van der Waals surface area contributed by atoms with Crippen molar-refractivity contribution in [1.82, 2.24) is 0 Å². The van der Waals surface area contributed by atoms with E-state index in [9.17, 15) is 14.7 Å². The number of aliphatic hydroxyl groups is 1. The molecule has 20 heavy (non-hydrogen) atoms. The maximum Gasteiger partial charge on any atom is 0.306 e. The molecule has 0 amide bonds. The van der Waals surface area contributed by atoms with Gasteiger partial charge in [0, 0.05) is 0 Å². The van der Waals surface area contributed by atoms with Gasteiger partial charge in [-0.2, -0.15) is 0 Å². The van der Waals surface area contributed by atoms with Crippen LogP contribution >= 0.6 is 0 Å². The summed E-state index contributed by atoms with van der Waals surface area (Å²) in [5.41, 5.74) is 0. The van der Waals surface area contributed by atoms with Crippen molar-refractivity contribution in [3.8, 4) is 0 Å². The van der Waals surface area contributed by atoms with Crippen molar-refractivity contribution < 1.29 is 24.9 Å². The summed E-state index contributed by atoms with van der Waals surface area (Å²) in [5, 5.41) is 25.9. The molecule has 1 rings (SSSR count). The predicted molar refractivity (Wildman–Crippen MR) is 76.4 cm³/mol. The van der Waals surface area contributed by atoms with Gasteiger partial charge in [0.1, 0.15) is 0 Å². The molecule has 0 spiro atoms. The third-order valence-corrected chi connectivity index (χ3v) is 3.89. The minimum Gasteiger partial charge on any atom is -0.481 e. The fraction of sp³-hybridized carbons (Fsp3) is 0.867. The van der Waals surface area contributed by atoms with Crippen LogP contribution in [0.5, 0.6) is 0 Å². The fourth-order valence-corrected chi connectivity index (χ4v) is 2.50. The second-order valence-corrected chi connectivity index (χ2v) is 6.23. The Morgan fingerprint density at radius 3 is 2.00 bits per heavy atom. The van der Waals surface area contributed by atoms with Crippen molar-refractivity contribution in [1.29, 1.82) is 0 Å². The first-order valence-electron chi connectivity index (χ1n) is 7.27. The van der Waals surface area contributed by atoms with E-state index >= 15 is 0 Å². The van der Waals surface area contributed by atoms with E-state index in [1.807, 2.05) is 0 Å². The maximum atomic E-state index is 9.97. The van der Waals surface area contributed by atoms with Crippen molar-refractivity contribution in [2.45, 2.75) is 59.5 Å². The quantitative estimate of drug-likeness (QED) is 0.739. The molecule has 4 atom stereocenters. The predicted octanol–water partition coefficient (Wildman–Crippen LogP) is 2.62. The topological polar surface area (TPSA) is 94.8 Å². The van der Waals surface area contributed by atoms with Gasteiger partial charge in [0.15, 0.2) is 0 Å². The molecule has 0 bridgehead atoms. The first kappa shape index (κ1) is 18.9. The number of hydrogen-bond donors (Lipinski definition) is 3. The second kappa shape index (κ2) is 8.95. The van der Waals surface area contributed by atoms with Crippen LogP contribution in [-0.4, -0.2) is 33.4 Å². The minimum absolute atomic E-state index is 0.0289. The summed E-state index contributed by atoms with van der Waals surface area (Å²) in [7, 11) is 0. The molecule has 0 heterocycles. The molecule has 1 fully saturated rings. The highest BCUT2D eigenvalue weighted by atomic mass is 16.4. The van der Waals surface area contributed by atoms with E-state index in [-0.39, 0.29) is 12.5 Å². The van der Waals surface area contributed by atoms with Crippen LogP contribution < -0.4 is 0 Å². The van der Waals surface area contributed by atoms with Crippen molar-refractivity contribution in [3.63, 3.8) is 0 Å². The van der Waals surface area contributed by atoms with E-state index in [1.54, 1.807) is 0 Å². The Bertz CT molecular complexity index is 313. The molecule has 1 saturated carbocycles. The van der Waals surface area contributed by atoms with Gasteiger partial charge in [0.2, 0.25) is 0 Å². The molecule has 0 aromatic rings. The molecule has 0 saturated heterocycles. The standard InChI is InChI=1S/C10H20O.C5H8O4/c1-7(2)9-5-4-8(3)6-10(9)11;1-3(5(8)9)2-4(6)7/h7-11H,4-6H2,1-3H3;3H,2H2,1H3,(H,6,7)(H,8,9). The van der Waals surface area contributed by atoms with Crippen LogP contribution in [0.15, 0.2) is 0 Å². The second-order valence-electron chi connectivity index (χ2n) is 6.23. The van der Waals surface area contributed by atoms with E-state index in [0.29, 0.717) is 11.8 Å². The lowest BCUT2D eigenvalue weighted by molar-refractivity contribution is -0.147. The van der Waals surface area contributed by atoms with E-state index in [2.05, 4.69) is 20.8 Å². The van der Waals surface area contributed by atoms with Crippen LogP contribution in [0.2, 0.25) is 0 Å². The molecule has 4 unspecified atom stereocenters. The van der Waals surface area contributed by atoms with Gasteiger partial charge in [-0.1, -0.05) is 34.1 Å². The lowest BCUT2D eigenvalue weighted by Gasteiger charge is -2.33. The van der Waals surface area contributed by atoms with Crippen molar-refractivity contribution >= 4 is 11.9 Å². The highest BCUT2D eigenvalue weighted by Gasteiger charge is 2.28. The van der Waals surface area contributed by atoms with Crippen LogP contribution in [0, 0.1) is 23.7 Å². The van der Waals surface area contributed by atoms with Gasteiger partial charge in [-0.05, 0) is 30.6 Å². The molecule has 118 valence electrons. The van der Waals surface area contributed by atoms with Gasteiger partial charge in [0.05, 0.1) is 18.4 Å². The molecule has 1 aliphatic carbocycles. The summed E-state index contributed by atoms with van der Waals surface area (Å²) in [5.74, 6) is -0.992. The molecule has 1 aliphatic rings. The van der Waals surface area contributed by atoms with Gasteiger partial charge < -0.3 is 15.3 Å². The van der Waals surface area contributed by atoms with E-state index in [0.717, 1.165) is 12.3 Å². The number of carbonyl (C=O) groups is 2. The number of carboxylic acid groups (broad SMARTS) is 2. The molecule has 0 aromatic heterocycles. The zero-order valence-electron chi connectivity index (χ0n) is 12.9. The van der Waals surface area contributed by atoms with Crippen molar-refractivity contribution in [2.24, 2.45) is 23.7 Å². The molecular weight excluding hydrogens is 260 g/mol. The van der Waals surface area contributed by atoms with Gasteiger partial charge in [-0.3, -0.25) is 9.59 Å². The largest absolute Gasteiger partial charge is 0.481 e. The third kappa shape index (κ3) is 7.48. The summed E-state index contributed by atoms with van der Waals surface area (Å²) >= 11 is 0. The summed E-state index contributed by atoms with van der Waals surface area (Å²) in [6.45, 7) is 8.02. The van der Waals surface area contributed by atoms with E-state index in [4.69, 9.17) is 10.2 Å². The van der Waals surface area contributed by atoms with Gasteiger partial charge in [-0.25, -0.2) is 0 Å². The molecule has 0 aliphatic heterocycles. The lowest BCUT2D eigenvalue weighted by atomic mass is 9.75. The number of aliphatic hydroxyl groups excluding tert-OH is 1. The normalized spacial score (nSPS) is 27.4. The molecule has 5 nitrogen and oxygen atoms in total. The van der Waals surface area contributed by atoms with Crippen LogP contribution in [-0.2, 0) is 9.59 Å². The summed E-state index contributed by atoms with van der Waals surface area (Å²) < 4.78 is 0. The van der Waals surface area contributed by atoms with E-state index < -0.39 is 17.9 Å². The zero-order valence-corrected chi connectivity index (χ0v) is 12.9. The summed E-state index contributed by atoms with van der Waals surface area (Å²) in [4.78, 5) is 19.8. The van der Waals surface area contributed by atoms with Crippen LogP contribution in [0.1, 0.15) is 53.4 Å². The average molecular weight is 288 g/mol. The molecule has 3 N–H and O–H groups in total. The van der Waals surface area contributed by atoms with Crippen LogP contribution in [0.4, 0.5) is 0 Å². The van der Waals surface area contributed by atoms with Crippen molar-refractivity contribution in [2.75, 3.05) is 0 Å². The van der Waals surface area contributed by atoms with E-state index in [1.165, 1.54) is 19.8 Å². The SMILES string of the molecule is CC(CC(=O)O)C(=O)O.CC1CCC(C(C)C)C(O)C1. The Morgan fingerprint density at radius 2 is 1.70 bits per heavy atom. The molecular formula is C15H28O5. The molecule has 0 aromatic carbocycles. The van der Waals surface area contributed by atoms with Crippen LogP contribution in [0.3, 0.4) is 0 Å². The lowest BCUT2D eigenvalue weighted by Crippen LogP contribution is -2.31. The highest BCUT2D eigenvalue weighted by molar-refractivity contribution is 5.77. The minimum atomic E-state index is -1.08. The smallest absolute Gasteiger partial charge is 0.306 e. The van der Waals surface area contributed by atoms with Gasteiger partial charge >= 0.3 is 11.9 Å². The Labute approximate surface area is 121 Å². The van der Waals surface area contributed by atoms with Gasteiger partial charge in [0.25, 0.3) is 0 Å². The third-order valence-electron chi connectivity index (χ3n) is 3.89. The highest BCUT2D eigenvalue weighted by Crippen LogP contribution is 2.33. The Morgan fingerprint density at radius 1 is 1.15 bits per heavy atom. The monoisotopic (exact) mass is 288 g/mol. The molecule has 5 heteroatoms. The summed E-state index contributed by atoms with van der Waals surface area (Å²) in [6, 6.07) is 0. The maximum absolute atomic E-state index is 9.97. The Kier molecular flexibility index (Phi) is 8.46. The fourth-order valence-electron chi connectivity index (χ4n) is 2.50. The number of aliphatic carboxylic acids is 2. The zero-order chi connectivity index (χ0) is 15.9. The first-order valence-corrected chi connectivity index (χ1v) is 7.27. The number of hydrogen-bond acceptors (Lipinski definition) is 3.